The van der Waals surface area contributed by atoms with Gasteiger partial charge in [0.2, 0.25) is 0 Å². The van der Waals surface area contributed by atoms with E-state index in [9.17, 15) is 27.6 Å². The topological polar surface area (TPSA) is 84.9 Å². The number of carbonyl (C=O) groups excluding carboxylic acids is 3. The predicted octanol–water partition coefficient (Wildman–Crippen LogP) is 4.58. The van der Waals surface area contributed by atoms with Crippen LogP contribution >= 0.6 is 11.8 Å². The smallest absolute Gasteiger partial charge is 0.416 e. The summed E-state index contributed by atoms with van der Waals surface area (Å²) in [5, 5.41) is 1.92. The zero-order valence-electron chi connectivity index (χ0n) is 18.3. The Morgan fingerprint density at radius 3 is 2.59 bits per heavy atom. The van der Waals surface area contributed by atoms with Crippen molar-refractivity contribution in [3.05, 3.63) is 64.1 Å². The second kappa shape index (κ2) is 10.6. The Kier molecular flexibility index (Phi) is 7.87. The number of halogens is 3. The van der Waals surface area contributed by atoms with Gasteiger partial charge in [0.25, 0.3) is 17.1 Å². The van der Waals surface area contributed by atoms with Gasteiger partial charge in [-0.1, -0.05) is 12.1 Å². The first-order valence-electron chi connectivity index (χ1n) is 10.2. The number of benzene rings is 2. The molecule has 34 heavy (non-hydrogen) atoms. The third-order valence-corrected chi connectivity index (χ3v) is 5.64. The van der Waals surface area contributed by atoms with E-state index in [4.69, 9.17) is 9.47 Å². The summed E-state index contributed by atoms with van der Waals surface area (Å²) in [5.74, 6) is -0.245. The average Bonchev–Trinajstić information content (AvgIpc) is 3.06. The van der Waals surface area contributed by atoms with E-state index >= 15 is 0 Å². The van der Waals surface area contributed by atoms with Crippen molar-refractivity contribution in [3.8, 4) is 11.5 Å². The van der Waals surface area contributed by atoms with E-state index in [0.717, 1.165) is 34.9 Å². The number of alkyl halides is 3. The van der Waals surface area contributed by atoms with Gasteiger partial charge in [0, 0.05) is 18.7 Å². The van der Waals surface area contributed by atoms with Crippen molar-refractivity contribution in [2.75, 3.05) is 26.8 Å². The number of methoxy groups -OCH3 is 1. The Hall–Kier alpha value is -3.47. The van der Waals surface area contributed by atoms with E-state index in [1.807, 2.05) is 6.92 Å². The first kappa shape index (κ1) is 25.2. The van der Waals surface area contributed by atoms with E-state index in [0.29, 0.717) is 23.7 Å². The molecule has 1 fully saturated rings. The lowest BCUT2D eigenvalue weighted by atomic mass is 10.1. The quantitative estimate of drug-likeness (QED) is 0.541. The molecule has 0 aromatic heterocycles. The molecule has 0 aliphatic carbocycles. The molecule has 1 heterocycles. The van der Waals surface area contributed by atoms with Gasteiger partial charge in [-0.3, -0.25) is 19.3 Å². The van der Waals surface area contributed by atoms with Crippen molar-refractivity contribution in [2.24, 2.45) is 0 Å². The van der Waals surface area contributed by atoms with Gasteiger partial charge in [-0.2, -0.15) is 13.2 Å². The van der Waals surface area contributed by atoms with E-state index < -0.39 is 28.8 Å². The van der Waals surface area contributed by atoms with E-state index in [1.165, 1.54) is 13.2 Å². The lowest BCUT2D eigenvalue weighted by molar-refractivity contribution is -0.137. The number of carbonyl (C=O) groups is 3. The number of nitrogens with one attached hydrogen (secondary N) is 1. The number of ether oxygens (including phenoxy) is 2. The lowest BCUT2D eigenvalue weighted by Crippen LogP contribution is -2.37. The van der Waals surface area contributed by atoms with Gasteiger partial charge >= 0.3 is 6.18 Å². The first-order valence-corrected chi connectivity index (χ1v) is 11.0. The summed E-state index contributed by atoms with van der Waals surface area (Å²) in [4.78, 5) is 38.3. The molecule has 2 aromatic carbocycles. The molecule has 0 bridgehead atoms. The Morgan fingerprint density at radius 2 is 1.91 bits per heavy atom. The zero-order chi connectivity index (χ0) is 24.9. The molecule has 3 rings (SSSR count). The Bertz CT molecular complexity index is 1130. The number of hydrogen-bond donors (Lipinski definition) is 1. The van der Waals surface area contributed by atoms with Crippen molar-refractivity contribution in [1.82, 2.24) is 10.2 Å². The summed E-state index contributed by atoms with van der Waals surface area (Å²) in [5.41, 5.74) is -0.487. The molecular weight excluding hydrogens is 473 g/mol. The molecule has 7 nitrogen and oxygen atoms in total. The molecule has 1 aliphatic rings. The summed E-state index contributed by atoms with van der Waals surface area (Å²) >= 11 is 0.753. The summed E-state index contributed by atoms with van der Waals surface area (Å²) < 4.78 is 49.2. The number of imide groups is 1. The van der Waals surface area contributed by atoms with Crippen LogP contribution in [0.1, 0.15) is 28.4 Å². The molecular formula is C23H21F3N2O5S. The Morgan fingerprint density at radius 1 is 1.15 bits per heavy atom. The van der Waals surface area contributed by atoms with Crippen LogP contribution in [0.4, 0.5) is 18.0 Å². The molecule has 0 saturated carbocycles. The standard InChI is InChI=1S/C23H21F3N2O5S/c1-3-33-17-8-7-14(11-18(17)32-2)12-19-21(30)28(22(31)34-19)10-9-27-20(29)15-5-4-6-16(13-15)23(24,25)26/h4-8,11-13H,3,9-10H2,1-2H3,(H,27,29)/b19-12-. The maximum Gasteiger partial charge on any atom is 0.416 e. The maximum absolute atomic E-state index is 12.8. The van der Waals surface area contributed by atoms with E-state index in [1.54, 1.807) is 24.3 Å². The predicted molar refractivity (Wildman–Crippen MR) is 121 cm³/mol. The van der Waals surface area contributed by atoms with E-state index in [-0.39, 0.29) is 23.6 Å². The fraction of sp³-hybridized carbons (Fsp3) is 0.261. The van der Waals surface area contributed by atoms with Gasteiger partial charge in [0.15, 0.2) is 11.5 Å². The van der Waals surface area contributed by atoms with Gasteiger partial charge in [0.05, 0.1) is 24.2 Å². The van der Waals surface area contributed by atoms with Crippen molar-refractivity contribution in [1.29, 1.82) is 0 Å². The molecule has 3 amide bonds. The van der Waals surface area contributed by atoms with Gasteiger partial charge in [0.1, 0.15) is 0 Å². The highest BCUT2D eigenvalue weighted by Gasteiger charge is 2.35. The van der Waals surface area contributed by atoms with Crippen LogP contribution in [-0.4, -0.2) is 48.8 Å². The molecule has 1 aliphatic heterocycles. The van der Waals surface area contributed by atoms with E-state index in [2.05, 4.69) is 5.32 Å². The molecule has 1 saturated heterocycles. The summed E-state index contributed by atoms with van der Waals surface area (Å²) in [6.07, 6.45) is -3.03. The summed E-state index contributed by atoms with van der Waals surface area (Å²) in [6, 6.07) is 9.08. The number of amides is 3. The van der Waals surface area contributed by atoms with Crippen LogP contribution in [-0.2, 0) is 11.0 Å². The highest BCUT2D eigenvalue weighted by atomic mass is 32.2. The molecule has 2 aromatic rings. The molecule has 180 valence electrons. The Balaban J connectivity index is 1.63. The summed E-state index contributed by atoms with van der Waals surface area (Å²) in [7, 11) is 1.49. The van der Waals surface area contributed by atoms with Crippen LogP contribution in [0.5, 0.6) is 11.5 Å². The van der Waals surface area contributed by atoms with Crippen molar-refractivity contribution in [3.63, 3.8) is 0 Å². The number of nitrogens with zero attached hydrogens (tertiary/aromatic N) is 1. The first-order chi connectivity index (χ1) is 16.1. The minimum absolute atomic E-state index is 0.114. The third-order valence-electron chi connectivity index (χ3n) is 4.73. The largest absolute Gasteiger partial charge is 0.493 e. The minimum Gasteiger partial charge on any atom is -0.493 e. The van der Waals surface area contributed by atoms with Crippen LogP contribution in [0.2, 0.25) is 0 Å². The van der Waals surface area contributed by atoms with Gasteiger partial charge in [-0.25, -0.2) is 0 Å². The van der Waals surface area contributed by atoms with Gasteiger partial charge in [-0.05, 0) is 60.7 Å². The summed E-state index contributed by atoms with van der Waals surface area (Å²) in [6.45, 7) is 2.06. The second-order valence-corrected chi connectivity index (χ2v) is 8.00. The Labute approximate surface area is 197 Å². The van der Waals surface area contributed by atoms with Crippen LogP contribution in [0.15, 0.2) is 47.4 Å². The highest BCUT2D eigenvalue weighted by Crippen LogP contribution is 2.34. The minimum atomic E-state index is -4.57. The number of hydrogen-bond acceptors (Lipinski definition) is 6. The lowest BCUT2D eigenvalue weighted by Gasteiger charge is -2.13. The van der Waals surface area contributed by atoms with Crippen molar-refractivity contribution < 1.29 is 37.0 Å². The van der Waals surface area contributed by atoms with Crippen LogP contribution in [0, 0.1) is 0 Å². The van der Waals surface area contributed by atoms with Crippen LogP contribution in [0.3, 0.4) is 0 Å². The maximum atomic E-state index is 12.8. The molecule has 1 N–H and O–H groups in total. The van der Waals surface area contributed by atoms with Crippen LogP contribution in [0.25, 0.3) is 6.08 Å². The molecule has 0 spiro atoms. The fourth-order valence-electron chi connectivity index (χ4n) is 3.11. The normalized spacial score (nSPS) is 15.1. The van der Waals surface area contributed by atoms with Crippen LogP contribution < -0.4 is 14.8 Å². The third kappa shape index (κ3) is 5.90. The highest BCUT2D eigenvalue weighted by molar-refractivity contribution is 8.18. The monoisotopic (exact) mass is 494 g/mol. The second-order valence-electron chi connectivity index (χ2n) is 7.01. The number of thioether (sulfide) groups is 1. The van der Waals surface area contributed by atoms with Gasteiger partial charge in [-0.15, -0.1) is 0 Å². The molecule has 0 radical (unpaired) electrons. The van der Waals surface area contributed by atoms with Crippen molar-refractivity contribution >= 4 is 34.9 Å². The molecule has 0 unspecified atom stereocenters. The molecule has 0 atom stereocenters. The molecule has 11 heteroatoms. The van der Waals surface area contributed by atoms with Crippen molar-refractivity contribution in [2.45, 2.75) is 13.1 Å². The average molecular weight is 494 g/mol. The fourth-order valence-corrected chi connectivity index (χ4v) is 3.98. The SMILES string of the molecule is CCOc1ccc(/C=C2\SC(=O)N(CCNC(=O)c3cccc(C(F)(F)F)c3)C2=O)cc1OC. The van der Waals surface area contributed by atoms with Gasteiger partial charge < -0.3 is 14.8 Å². The number of rotatable bonds is 8. The zero-order valence-corrected chi connectivity index (χ0v) is 19.1.